The zero-order valence-electron chi connectivity index (χ0n) is 7.94. The van der Waals surface area contributed by atoms with Crippen LogP contribution in [0.5, 0.6) is 0 Å². The molecule has 2 N–H and O–H groups in total. The second-order valence-electron chi connectivity index (χ2n) is 3.61. The van der Waals surface area contributed by atoms with Gasteiger partial charge in [0.25, 0.3) is 0 Å². The van der Waals surface area contributed by atoms with Crippen LogP contribution in [-0.2, 0) is 0 Å². The Kier molecular flexibility index (Phi) is 3.54. The van der Waals surface area contributed by atoms with E-state index in [0.29, 0.717) is 0 Å². The number of carbonyl (C=O) groups is 1. The van der Waals surface area contributed by atoms with Crippen molar-refractivity contribution in [3.8, 4) is 0 Å². The monoisotopic (exact) mass is 187 g/mol. The van der Waals surface area contributed by atoms with Gasteiger partial charge in [0.1, 0.15) is 6.23 Å². The van der Waals surface area contributed by atoms with E-state index >= 15 is 0 Å². The van der Waals surface area contributed by atoms with Crippen LogP contribution in [0.25, 0.3) is 0 Å². The highest BCUT2D eigenvalue weighted by atomic mass is 16.4. The Bertz CT molecular complexity index is 176. The molecule has 1 fully saturated rings. The Labute approximate surface area is 78.2 Å². The van der Waals surface area contributed by atoms with Gasteiger partial charge in [-0.3, -0.25) is 4.90 Å². The molecule has 1 amide bonds. The first-order valence-corrected chi connectivity index (χ1v) is 4.82. The van der Waals surface area contributed by atoms with E-state index in [4.69, 9.17) is 5.11 Å². The van der Waals surface area contributed by atoms with Gasteiger partial charge in [0.05, 0.1) is 0 Å². The summed E-state index contributed by atoms with van der Waals surface area (Å²) in [6.07, 6.45) is 3.20. The van der Waals surface area contributed by atoms with E-state index in [9.17, 15) is 9.90 Å². The lowest BCUT2D eigenvalue weighted by molar-refractivity contribution is -0.00859. The highest BCUT2D eigenvalue weighted by Gasteiger charge is 2.27. The lowest BCUT2D eigenvalue weighted by Gasteiger charge is -2.33. The van der Waals surface area contributed by atoms with E-state index in [2.05, 4.69) is 0 Å². The van der Waals surface area contributed by atoms with Gasteiger partial charge in [-0.2, -0.15) is 0 Å². The number of hydrogen-bond acceptors (Lipinski definition) is 2. The van der Waals surface area contributed by atoms with Gasteiger partial charge in [-0.1, -0.05) is 19.3 Å². The molecule has 1 saturated carbocycles. The molecule has 1 aliphatic carbocycles. The maximum absolute atomic E-state index is 10.8. The van der Waals surface area contributed by atoms with Gasteiger partial charge in [-0.05, 0) is 19.8 Å². The van der Waals surface area contributed by atoms with Gasteiger partial charge >= 0.3 is 6.09 Å². The minimum absolute atomic E-state index is 0.0197. The summed E-state index contributed by atoms with van der Waals surface area (Å²) in [6, 6.07) is 0.0197. The number of nitrogens with zero attached hydrogens (tertiary/aromatic N) is 1. The fourth-order valence-corrected chi connectivity index (χ4v) is 1.98. The van der Waals surface area contributed by atoms with Crippen molar-refractivity contribution in [2.24, 2.45) is 0 Å². The van der Waals surface area contributed by atoms with E-state index in [0.717, 1.165) is 25.7 Å². The first-order valence-electron chi connectivity index (χ1n) is 4.82. The molecule has 0 aliphatic heterocycles. The Balaban J connectivity index is 2.57. The van der Waals surface area contributed by atoms with Crippen molar-refractivity contribution >= 4 is 6.09 Å². The fraction of sp³-hybridized carbons (Fsp3) is 0.889. The van der Waals surface area contributed by atoms with Crippen molar-refractivity contribution in [1.29, 1.82) is 0 Å². The number of amides is 1. The molecular weight excluding hydrogens is 170 g/mol. The first kappa shape index (κ1) is 10.3. The zero-order valence-corrected chi connectivity index (χ0v) is 7.94. The molecule has 0 spiro atoms. The van der Waals surface area contributed by atoms with Crippen LogP contribution in [0.4, 0.5) is 4.79 Å². The van der Waals surface area contributed by atoms with E-state index < -0.39 is 12.3 Å². The molecule has 76 valence electrons. The lowest BCUT2D eigenvalue weighted by Crippen LogP contribution is -2.46. The standard InChI is InChI=1S/C9H17NO3/c1-7(11)10(9(12)13)8-5-3-2-4-6-8/h7-8,11H,2-6H2,1H3,(H,12,13). The smallest absolute Gasteiger partial charge is 0.409 e. The van der Waals surface area contributed by atoms with Crippen LogP contribution in [0.1, 0.15) is 39.0 Å². The summed E-state index contributed by atoms with van der Waals surface area (Å²) in [7, 11) is 0. The SMILES string of the molecule is CC(O)N(C(=O)O)C1CCCCC1. The van der Waals surface area contributed by atoms with E-state index in [1.54, 1.807) is 0 Å². The number of rotatable bonds is 2. The van der Waals surface area contributed by atoms with Gasteiger partial charge in [-0.25, -0.2) is 4.79 Å². The average molecular weight is 187 g/mol. The highest BCUT2D eigenvalue weighted by Crippen LogP contribution is 2.23. The quantitative estimate of drug-likeness (QED) is 0.646. The lowest BCUT2D eigenvalue weighted by atomic mass is 9.94. The summed E-state index contributed by atoms with van der Waals surface area (Å²) >= 11 is 0. The zero-order chi connectivity index (χ0) is 9.84. The van der Waals surface area contributed by atoms with Crippen LogP contribution in [0, 0.1) is 0 Å². The van der Waals surface area contributed by atoms with Crippen LogP contribution in [0.15, 0.2) is 0 Å². The Morgan fingerprint density at radius 2 is 1.92 bits per heavy atom. The molecule has 13 heavy (non-hydrogen) atoms. The summed E-state index contributed by atoms with van der Waals surface area (Å²) in [6.45, 7) is 1.50. The molecule has 0 aromatic heterocycles. The minimum atomic E-state index is -1.01. The summed E-state index contributed by atoms with van der Waals surface area (Å²) in [5.41, 5.74) is 0. The van der Waals surface area contributed by atoms with Crippen LogP contribution >= 0.6 is 0 Å². The molecule has 4 nitrogen and oxygen atoms in total. The summed E-state index contributed by atoms with van der Waals surface area (Å²) in [5, 5.41) is 18.1. The molecular formula is C9H17NO3. The van der Waals surface area contributed by atoms with Crippen molar-refractivity contribution in [1.82, 2.24) is 4.90 Å². The molecule has 0 aromatic carbocycles. The third kappa shape index (κ3) is 2.59. The summed E-state index contributed by atoms with van der Waals surface area (Å²) in [5.74, 6) is 0. The minimum Gasteiger partial charge on any atom is -0.465 e. The maximum atomic E-state index is 10.8. The van der Waals surface area contributed by atoms with Crippen molar-refractivity contribution < 1.29 is 15.0 Å². The molecule has 1 rings (SSSR count). The predicted octanol–water partition coefficient (Wildman–Crippen LogP) is 1.64. The Morgan fingerprint density at radius 1 is 1.38 bits per heavy atom. The van der Waals surface area contributed by atoms with Gasteiger partial charge in [0.2, 0.25) is 0 Å². The molecule has 1 unspecified atom stereocenters. The van der Waals surface area contributed by atoms with E-state index in [-0.39, 0.29) is 6.04 Å². The third-order valence-corrected chi connectivity index (χ3v) is 2.59. The molecule has 0 radical (unpaired) electrons. The normalized spacial score (nSPS) is 21.1. The Morgan fingerprint density at radius 3 is 2.31 bits per heavy atom. The van der Waals surface area contributed by atoms with Crippen molar-refractivity contribution in [2.75, 3.05) is 0 Å². The number of hydrogen-bond donors (Lipinski definition) is 2. The van der Waals surface area contributed by atoms with E-state index in [1.807, 2.05) is 0 Å². The second kappa shape index (κ2) is 4.46. The van der Waals surface area contributed by atoms with Gasteiger partial charge in [0, 0.05) is 6.04 Å². The van der Waals surface area contributed by atoms with Gasteiger partial charge in [0.15, 0.2) is 0 Å². The maximum Gasteiger partial charge on any atom is 0.409 e. The van der Waals surface area contributed by atoms with Crippen molar-refractivity contribution in [3.05, 3.63) is 0 Å². The van der Waals surface area contributed by atoms with Crippen LogP contribution < -0.4 is 0 Å². The molecule has 1 aliphatic rings. The molecule has 1 atom stereocenters. The molecule has 0 heterocycles. The van der Waals surface area contributed by atoms with E-state index in [1.165, 1.54) is 18.2 Å². The van der Waals surface area contributed by atoms with Gasteiger partial charge < -0.3 is 10.2 Å². The largest absolute Gasteiger partial charge is 0.465 e. The molecule has 0 saturated heterocycles. The summed E-state index contributed by atoms with van der Waals surface area (Å²) in [4.78, 5) is 12.0. The molecule has 0 bridgehead atoms. The van der Waals surface area contributed by atoms with Crippen LogP contribution in [-0.4, -0.2) is 33.5 Å². The van der Waals surface area contributed by atoms with Gasteiger partial charge in [-0.15, -0.1) is 0 Å². The number of aliphatic hydroxyl groups excluding tert-OH is 1. The number of carboxylic acid groups (broad SMARTS) is 1. The van der Waals surface area contributed by atoms with Crippen LogP contribution in [0.3, 0.4) is 0 Å². The average Bonchev–Trinajstić information content (AvgIpc) is 2.04. The number of aliphatic hydroxyl groups is 1. The highest BCUT2D eigenvalue weighted by molar-refractivity contribution is 5.65. The molecule has 4 heteroatoms. The van der Waals surface area contributed by atoms with Crippen LogP contribution in [0.2, 0.25) is 0 Å². The summed E-state index contributed by atoms with van der Waals surface area (Å²) < 4.78 is 0. The fourth-order valence-electron chi connectivity index (χ4n) is 1.98. The van der Waals surface area contributed by atoms with Crippen molar-refractivity contribution in [3.63, 3.8) is 0 Å². The second-order valence-corrected chi connectivity index (χ2v) is 3.61. The Hall–Kier alpha value is -0.770. The predicted molar refractivity (Wildman–Crippen MR) is 48.4 cm³/mol. The first-order chi connectivity index (χ1) is 6.13. The molecule has 0 aromatic rings. The third-order valence-electron chi connectivity index (χ3n) is 2.59. The topological polar surface area (TPSA) is 60.8 Å². The van der Waals surface area contributed by atoms with Crippen molar-refractivity contribution in [2.45, 2.75) is 51.3 Å².